The van der Waals surface area contributed by atoms with Crippen molar-refractivity contribution < 1.29 is 27.4 Å². The Labute approximate surface area is 112 Å². The number of nitrogens with two attached hydrogens (primary N) is 1. The largest absolute Gasteiger partial charge is 0.497 e. The number of thioether (sulfide) groups is 1. The Morgan fingerprint density at radius 3 is 2.68 bits per heavy atom. The second-order valence-corrected chi connectivity index (χ2v) is 4.54. The molecular weight excluding hydrogens is 283 g/mol. The highest BCUT2D eigenvalue weighted by Gasteiger charge is 2.27. The Morgan fingerprint density at radius 1 is 1.42 bits per heavy atom. The third-order valence-electron chi connectivity index (χ3n) is 2.06. The molecule has 8 heteroatoms. The highest BCUT2D eigenvalue weighted by atomic mass is 32.2. The minimum Gasteiger partial charge on any atom is -0.497 e. The van der Waals surface area contributed by atoms with Crippen LogP contribution in [0.3, 0.4) is 0 Å². The fraction of sp³-hybridized carbons (Fsp3) is 0.364. The summed E-state index contributed by atoms with van der Waals surface area (Å²) in [5, 5.41) is 0. The van der Waals surface area contributed by atoms with Gasteiger partial charge in [0.15, 0.2) is 0 Å². The van der Waals surface area contributed by atoms with Crippen molar-refractivity contribution in [3.05, 3.63) is 23.8 Å². The fourth-order valence-corrected chi connectivity index (χ4v) is 1.61. The molecule has 0 aliphatic carbocycles. The van der Waals surface area contributed by atoms with Gasteiger partial charge in [0.2, 0.25) is 0 Å². The standard InChI is InChI=1S/C11H12F3NO3S/c1-17-7-2-3-9(15)8(6-7)10(16)18-4-5-19-11(12,13)14/h2-3,6H,4-5,15H2,1H3. The highest BCUT2D eigenvalue weighted by molar-refractivity contribution is 8.00. The summed E-state index contributed by atoms with van der Waals surface area (Å²) in [7, 11) is 1.42. The first-order valence-electron chi connectivity index (χ1n) is 5.15. The first kappa shape index (κ1) is 15.5. The number of rotatable bonds is 5. The summed E-state index contributed by atoms with van der Waals surface area (Å²) in [4.78, 5) is 11.6. The van der Waals surface area contributed by atoms with E-state index in [0.717, 1.165) is 0 Å². The van der Waals surface area contributed by atoms with E-state index in [1.54, 1.807) is 6.07 Å². The molecule has 0 aliphatic heterocycles. The van der Waals surface area contributed by atoms with Crippen molar-refractivity contribution in [1.29, 1.82) is 0 Å². The monoisotopic (exact) mass is 295 g/mol. The number of halogens is 3. The Hall–Kier alpha value is -1.57. The van der Waals surface area contributed by atoms with Gasteiger partial charge in [-0.25, -0.2) is 4.79 Å². The van der Waals surface area contributed by atoms with Crippen LogP contribution in [0, 0.1) is 0 Å². The number of carbonyl (C=O) groups excluding carboxylic acids is 1. The Morgan fingerprint density at radius 2 is 2.11 bits per heavy atom. The van der Waals surface area contributed by atoms with Gasteiger partial charge in [0, 0.05) is 11.4 Å². The molecule has 0 radical (unpaired) electrons. The minimum atomic E-state index is -4.33. The van der Waals surface area contributed by atoms with Crippen molar-refractivity contribution in [2.24, 2.45) is 0 Å². The van der Waals surface area contributed by atoms with Gasteiger partial charge in [-0.1, -0.05) is 0 Å². The number of ether oxygens (including phenoxy) is 2. The lowest BCUT2D eigenvalue weighted by molar-refractivity contribution is -0.0331. The maximum atomic E-state index is 11.9. The van der Waals surface area contributed by atoms with Crippen LogP contribution in [0.15, 0.2) is 18.2 Å². The summed E-state index contributed by atoms with van der Waals surface area (Å²) in [5.74, 6) is -0.732. The molecule has 0 aromatic heterocycles. The second-order valence-electron chi connectivity index (χ2n) is 3.38. The van der Waals surface area contributed by atoms with Crippen LogP contribution in [-0.4, -0.2) is 30.9 Å². The number of methoxy groups -OCH3 is 1. The van der Waals surface area contributed by atoms with Gasteiger partial charge >= 0.3 is 11.5 Å². The van der Waals surface area contributed by atoms with E-state index in [4.69, 9.17) is 15.2 Å². The number of hydrogen-bond donors (Lipinski definition) is 1. The van der Waals surface area contributed by atoms with E-state index in [0.29, 0.717) is 5.75 Å². The minimum absolute atomic E-state index is 0.0661. The van der Waals surface area contributed by atoms with Crippen molar-refractivity contribution in [1.82, 2.24) is 0 Å². The predicted molar refractivity (Wildman–Crippen MR) is 66.2 cm³/mol. The Bertz CT molecular complexity index is 451. The highest BCUT2D eigenvalue weighted by Crippen LogP contribution is 2.29. The molecule has 0 amide bonds. The van der Waals surface area contributed by atoms with Crippen LogP contribution >= 0.6 is 11.8 Å². The smallest absolute Gasteiger partial charge is 0.441 e. The van der Waals surface area contributed by atoms with Crippen molar-refractivity contribution in [2.75, 3.05) is 25.2 Å². The summed E-state index contributed by atoms with van der Waals surface area (Å²) in [6.07, 6.45) is 0. The molecular formula is C11H12F3NO3S. The number of carbonyl (C=O) groups is 1. The molecule has 2 N–H and O–H groups in total. The molecule has 0 saturated carbocycles. The maximum absolute atomic E-state index is 11.9. The molecule has 1 aromatic rings. The van der Waals surface area contributed by atoms with Crippen LogP contribution in [0.2, 0.25) is 0 Å². The van der Waals surface area contributed by atoms with Crippen LogP contribution in [0.4, 0.5) is 18.9 Å². The Kier molecular flexibility index (Phi) is 5.34. The molecule has 0 spiro atoms. The van der Waals surface area contributed by atoms with Crippen LogP contribution in [0.25, 0.3) is 0 Å². The molecule has 0 fully saturated rings. The van der Waals surface area contributed by atoms with E-state index in [1.165, 1.54) is 19.2 Å². The lowest BCUT2D eigenvalue weighted by Gasteiger charge is -2.09. The number of esters is 1. The molecule has 0 bridgehead atoms. The molecule has 1 rings (SSSR count). The molecule has 0 saturated heterocycles. The molecule has 19 heavy (non-hydrogen) atoms. The first-order valence-corrected chi connectivity index (χ1v) is 6.13. The summed E-state index contributed by atoms with van der Waals surface area (Å²) in [6.45, 7) is -0.348. The molecule has 0 unspecified atom stereocenters. The summed E-state index contributed by atoms with van der Waals surface area (Å²) in [6, 6.07) is 4.39. The van der Waals surface area contributed by atoms with E-state index >= 15 is 0 Å². The molecule has 0 atom stereocenters. The van der Waals surface area contributed by atoms with Crippen molar-refractivity contribution in [3.63, 3.8) is 0 Å². The molecule has 0 heterocycles. The topological polar surface area (TPSA) is 61.5 Å². The first-order chi connectivity index (χ1) is 8.83. The average molecular weight is 295 g/mol. The number of anilines is 1. The lowest BCUT2D eigenvalue weighted by atomic mass is 10.2. The number of alkyl halides is 3. The van der Waals surface area contributed by atoms with E-state index in [-0.39, 0.29) is 35.4 Å². The third kappa shape index (κ3) is 5.29. The van der Waals surface area contributed by atoms with Gasteiger partial charge in [0.1, 0.15) is 12.4 Å². The van der Waals surface area contributed by atoms with Crippen molar-refractivity contribution in [3.8, 4) is 5.75 Å². The number of benzene rings is 1. The van der Waals surface area contributed by atoms with Gasteiger partial charge in [0.05, 0.1) is 12.7 Å². The number of nitrogen functional groups attached to an aromatic ring is 1. The zero-order valence-electron chi connectivity index (χ0n) is 9.99. The maximum Gasteiger partial charge on any atom is 0.441 e. The summed E-state index contributed by atoms with van der Waals surface area (Å²) < 4.78 is 45.2. The third-order valence-corrected chi connectivity index (χ3v) is 2.76. The lowest BCUT2D eigenvalue weighted by Crippen LogP contribution is -2.12. The van der Waals surface area contributed by atoms with Gasteiger partial charge in [-0.15, -0.1) is 0 Å². The van der Waals surface area contributed by atoms with E-state index in [9.17, 15) is 18.0 Å². The number of hydrogen-bond acceptors (Lipinski definition) is 5. The predicted octanol–water partition coefficient (Wildman–Crippen LogP) is 2.69. The van der Waals surface area contributed by atoms with Crippen LogP contribution < -0.4 is 10.5 Å². The van der Waals surface area contributed by atoms with Gasteiger partial charge in [0.25, 0.3) is 0 Å². The quantitative estimate of drug-likeness (QED) is 0.514. The van der Waals surface area contributed by atoms with Crippen molar-refractivity contribution in [2.45, 2.75) is 5.51 Å². The van der Waals surface area contributed by atoms with E-state index < -0.39 is 11.5 Å². The summed E-state index contributed by atoms with van der Waals surface area (Å²) >= 11 is -0.251. The zero-order valence-corrected chi connectivity index (χ0v) is 10.8. The van der Waals surface area contributed by atoms with Gasteiger partial charge < -0.3 is 15.2 Å². The van der Waals surface area contributed by atoms with Crippen LogP contribution in [0.5, 0.6) is 5.75 Å². The average Bonchev–Trinajstić information content (AvgIpc) is 2.34. The van der Waals surface area contributed by atoms with Crippen molar-refractivity contribution >= 4 is 23.4 Å². The molecule has 0 aliphatic rings. The summed E-state index contributed by atoms with van der Waals surface area (Å²) in [5.41, 5.74) is 1.49. The Balaban J connectivity index is 2.54. The molecule has 4 nitrogen and oxygen atoms in total. The van der Waals surface area contributed by atoms with Gasteiger partial charge in [-0.3, -0.25) is 0 Å². The molecule has 106 valence electrons. The van der Waals surface area contributed by atoms with Crippen LogP contribution in [-0.2, 0) is 4.74 Å². The molecule has 1 aromatic carbocycles. The van der Waals surface area contributed by atoms with Gasteiger partial charge in [-0.2, -0.15) is 13.2 Å². The SMILES string of the molecule is COc1ccc(N)c(C(=O)OCCSC(F)(F)F)c1. The normalized spacial score (nSPS) is 11.2. The van der Waals surface area contributed by atoms with Gasteiger partial charge in [-0.05, 0) is 30.0 Å². The van der Waals surface area contributed by atoms with Crippen LogP contribution in [0.1, 0.15) is 10.4 Å². The second kappa shape index (κ2) is 6.55. The fourth-order valence-electron chi connectivity index (χ4n) is 1.21. The van der Waals surface area contributed by atoms with E-state index in [1.807, 2.05) is 0 Å². The zero-order chi connectivity index (χ0) is 14.5. The van der Waals surface area contributed by atoms with E-state index in [2.05, 4.69) is 0 Å².